The van der Waals surface area contributed by atoms with Crippen LogP contribution in [-0.4, -0.2) is 26.8 Å². The zero-order valence-corrected chi connectivity index (χ0v) is 14.0. The minimum absolute atomic E-state index is 0.0701. The van der Waals surface area contributed by atoms with E-state index in [-0.39, 0.29) is 5.75 Å². The number of carboxylic acid groups (broad SMARTS) is 1. The lowest BCUT2D eigenvalue weighted by molar-refractivity contribution is -0.133. The lowest BCUT2D eigenvalue weighted by Gasteiger charge is -2.11. The predicted molar refractivity (Wildman–Crippen MR) is 87.3 cm³/mol. The molecule has 0 bridgehead atoms. The van der Waals surface area contributed by atoms with Gasteiger partial charge in [0.05, 0.1) is 5.75 Å². The molecule has 7 heteroatoms. The minimum atomic E-state index is -0.896. The number of hydrogen-bond donors (Lipinski definition) is 2. The Morgan fingerprint density at radius 3 is 2.86 bits per heavy atom. The molecule has 21 heavy (non-hydrogen) atoms. The summed E-state index contributed by atoms with van der Waals surface area (Å²) in [5, 5.41) is 12.4. The van der Waals surface area contributed by atoms with Gasteiger partial charge >= 0.3 is 5.97 Å². The van der Waals surface area contributed by atoms with E-state index in [4.69, 9.17) is 5.11 Å². The standard InChI is InChI=1S/C14H14BrN3O2S/c1-8-4-3-5-10(9(8)2)16-12-6-11(15)17-14(18-12)21-7-13(19)20/h3-6H,7H2,1-2H3,(H,19,20)(H,16,17,18). The molecule has 2 N–H and O–H groups in total. The first-order chi connectivity index (χ1) is 9.95. The molecule has 0 spiro atoms. The normalized spacial score (nSPS) is 10.4. The quantitative estimate of drug-likeness (QED) is 0.475. The number of hydrogen-bond acceptors (Lipinski definition) is 5. The van der Waals surface area contributed by atoms with Gasteiger partial charge in [-0.25, -0.2) is 9.97 Å². The number of rotatable bonds is 5. The molecule has 2 aromatic rings. The molecule has 2 rings (SSSR count). The smallest absolute Gasteiger partial charge is 0.313 e. The maximum Gasteiger partial charge on any atom is 0.313 e. The number of carbonyl (C=O) groups is 1. The van der Waals surface area contributed by atoms with Gasteiger partial charge in [0, 0.05) is 11.8 Å². The van der Waals surface area contributed by atoms with E-state index < -0.39 is 5.97 Å². The van der Waals surface area contributed by atoms with Crippen molar-refractivity contribution >= 4 is 45.2 Å². The van der Waals surface area contributed by atoms with E-state index in [2.05, 4.69) is 31.2 Å². The monoisotopic (exact) mass is 367 g/mol. The van der Waals surface area contributed by atoms with Gasteiger partial charge in [-0.2, -0.15) is 0 Å². The molecule has 0 fully saturated rings. The molecular formula is C14H14BrN3O2S. The number of nitrogens with zero attached hydrogens (tertiary/aromatic N) is 2. The Kier molecular flexibility index (Phi) is 5.19. The summed E-state index contributed by atoms with van der Waals surface area (Å²) in [6, 6.07) is 7.75. The van der Waals surface area contributed by atoms with Crippen LogP contribution in [0, 0.1) is 13.8 Å². The van der Waals surface area contributed by atoms with Crippen molar-refractivity contribution < 1.29 is 9.90 Å². The molecule has 0 aliphatic rings. The van der Waals surface area contributed by atoms with Crippen LogP contribution in [0.1, 0.15) is 11.1 Å². The number of halogens is 1. The van der Waals surface area contributed by atoms with Crippen molar-refractivity contribution in [2.24, 2.45) is 0 Å². The van der Waals surface area contributed by atoms with Gasteiger partial charge in [-0.3, -0.25) is 4.79 Å². The fraction of sp³-hybridized carbons (Fsp3) is 0.214. The number of thioether (sulfide) groups is 1. The van der Waals surface area contributed by atoms with Gasteiger partial charge in [-0.1, -0.05) is 23.9 Å². The van der Waals surface area contributed by atoms with Gasteiger partial charge in [0.15, 0.2) is 5.16 Å². The number of nitrogens with one attached hydrogen (secondary N) is 1. The zero-order valence-electron chi connectivity index (χ0n) is 11.6. The Labute approximate surface area is 135 Å². The molecule has 0 amide bonds. The average molecular weight is 368 g/mol. The maximum absolute atomic E-state index is 10.6. The van der Waals surface area contributed by atoms with Crippen molar-refractivity contribution in [1.82, 2.24) is 9.97 Å². The van der Waals surface area contributed by atoms with Crippen molar-refractivity contribution in [3.8, 4) is 0 Å². The molecule has 0 atom stereocenters. The Bertz CT molecular complexity index is 679. The third-order valence-corrected chi connectivity index (χ3v) is 4.10. The lowest BCUT2D eigenvalue weighted by Crippen LogP contribution is -2.02. The fourth-order valence-electron chi connectivity index (χ4n) is 1.68. The SMILES string of the molecule is Cc1cccc(Nc2cc(Br)nc(SCC(=O)O)n2)c1C. The first-order valence-corrected chi connectivity index (χ1v) is 7.96. The van der Waals surface area contributed by atoms with Crippen molar-refractivity contribution in [3.63, 3.8) is 0 Å². The zero-order chi connectivity index (χ0) is 15.4. The number of carboxylic acids is 1. The first-order valence-electron chi connectivity index (χ1n) is 6.18. The topological polar surface area (TPSA) is 75.1 Å². The third kappa shape index (κ3) is 4.44. The summed E-state index contributed by atoms with van der Waals surface area (Å²) in [4.78, 5) is 19.1. The number of benzene rings is 1. The molecule has 5 nitrogen and oxygen atoms in total. The Morgan fingerprint density at radius 1 is 1.38 bits per heavy atom. The summed E-state index contributed by atoms with van der Waals surface area (Å²) in [7, 11) is 0. The van der Waals surface area contributed by atoms with Crippen molar-refractivity contribution in [2.45, 2.75) is 19.0 Å². The molecule has 0 aliphatic heterocycles. The highest BCUT2D eigenvalue weighted by Gasteiger charge is 2.08. The second-order valence-corrected chi connectivity index (χ2v) is 6.17. The van der Waals surface area contributed by atoms with Gasteiger partial charge in [-0.15, -0.1) is 0 Å². The Morgan fingerprint density at radius 2 is 2.14 bits per heavy atom. The summed E-state index contributed by atoms with van der Waals surface area (Å²) in [5.41, 5.74) is 3.30. The van der Waals surface area contributed by atoms with Crippen LogP contribution in [0.5, 0.6) is 0 Å². The number of anilines is 2. The van der Waals surface area contributed by atoms with E-state index in [0.717, 1.165) is 23.0 Å². The van der Waals surface area contributed by atoms with Crippen LogP contribution in [0.2, 0.25) is 0 Å². The van der Waals surface area contributed by atoms with Crippen molar-refractivity contribution in [2.75, 3.05) is 11.1 Å². The van der Waals surface area contributed by atoms with Gasteiger partial charge in [0.1, 0.15) is 10.4 Å². The first kappa shape index (κ1) is 15.8. The number of aliphatic carboxylic acids is 1. The average Bonchev–Trinajstić information content (AvgIpc) is 2.41. The van der Waals surface area contributed by atoms with Gasteiger partial charge in [0.2, 0.25) is 0 Å². The minimum Gasteiger partial charge on any atom is -0.481 e. The number of aromatic nitrogens is 2. The molecule has 1 heterocycles. The highest BCUT2D eigenvalue weighted by molar-refractivity contribution is 9.10. The maximum atomic E-state index is 10.6. The molecule has 1 aromatic carbocycles. The molecule has 0 unspecified atom stereocenters. The van der Waals surface area contributed by atoms with Crippen molar-refractivity contribution in [3.05, 3.63) is 40.0 Å². The fourth-order valence-corrected chi connectivity index (χ4v) is 2.76. The van der Waals surface area contributed by atoms with Crippen LogP contribution in [0.4, 0.5) is 11.5 Å². The van der Waals surface area contributed by atoms with Gasteiger partial charge in [0.25, 0.3) is 0 Å². The highest BCUT2D eigenvalue weighted by Crippen LogP contribution is 2.25. The molecule has 0 aliphatic carbocycles. The van der Waals surface area contributed by atoms with Gasteiger partial charge < -0.3 is 10.4 Å². The molecule has 110 valence electrons. The van der Waals surface area contributed by atoms with Crippen LogP contribution in [0.15, 0.2) is 34.0 Å². The molecule has 0 saturated heterocycles. The van der Waals surface area contributed by atoms with Crippen LogP contribution in [-0.2, 0) is 4.79 Å². The highest BCUT2D eigenvalue weighted by atomic mass is 79.9. The predicted octanol–water partition coefficient (Wildman–Crippen LogP) is 3.78. The van der Waals surface area contributed by atoms with E-state index in [9.17, 15) is 4.79 Å². The van der Waals surface area contributed by atoms with E-state index in [1.54, 1.807) is 6.07 Å². The van der Waals surface area contributed by atoms with Crippen molar-refractivity contribution in [1.29, 1.82) is 0 Å². The van der Waals surface area contributed by atoms with Crippen LogP contribution in [0.3, 0.4) is 0 Å². The summed E-state index contributed by atoms with van der Waals surface area (Å²) >= 11 is 4.40. The third-order valence-electron chi connectivity index (χ3n) is 2.87. The summed E-state index contributed by atoms with van der Waals surface area (Å²) < 4.78 is 0.609. The van der Waals surface area contributed by atoms with E-state index in [1.807, 2.05) is 32.0 Å². The second kappa shape index (κ2) is 6.91. The Balaban J connectivity index is 2.23. The summed E-state index contributed by atoms with van der Waals surface area (Å²) in [6.45, 7) is 4.08. The molecule has 0 radical (unpaired) electrons. The largest absolute Gasteiger partial charge is 0.481 e. The Hall–Kier alpha value is -1.60. The lowest BCUT2D eigenvalue weighted by atomic mass is 10.1. The van der Waals surface area contributed by atoms with E-state index >= 15 is 0 Å². The summed E-state index contributed by atoms with van der Waals surface area (Å²) in [5.74, 6) is -0.342. The second-order valence-electron chi connectivity index (χ2n) is 4.41. The van der Waals surface area contributed by atoms with Crippen LogP contribution in [0.25, 0.3) is 0 Å². The van der Waals surface area contributed by atoms with Crippen LogP contribution < -0.4 is 5.32 Å². The molecular weight excluding hydrogens is 354 g/mol. The van der Waals surface area contributed by atoms with Crippen LogP contribution >= 0.6 is 27.7 Å². The van der Waals surface area contributed by atoms with E-state index in [0.29, 0.717) is 15.6 Å². The molecule has 0 saturated carbocycles. The summed E-state index contributed by atoms with van der Waals surface area (Å²) in [6.07, 6.45) is 0. The van der Waals surface area contributed by atoms with Gasteiger partial charge in [-0.05, 0) is 47.0 Å². The molecule has 1 aromatic heterocycles. The van der Waals surface area contributed by atoms with E-state index in [1.165, 1.54) is 5.56 Å². The number of aryl methyl sites for hydroxylation is 1.